The molecular formula is C38H38FN7O4S. The Labute approximate surface area is 299 Å². The van der Waals surface area contributed by atoms with E-state index < -0.39 is 16.5 Å². The van der Waals surface area contributed by atoms with Crippen LogP contribution in [0, 0.1) is 5.82 Å². The largest absolute Gasteiger partial charge is 0.465 e. The Morgan fingerprint density at radius 3 is 2.47 bits per heavy atom. The summed E-state index contributed by atoms with van der Waals surface area (Å²) in [5, 5.41) is 11.2. The van der Waals surface area contributed by atoms with E-state index in [-0.39, 0.29) is 23.9 Å². The van der Waals surface area contributed by atoms with Crippen molar-refractivity contribution in [1.82, 2.24) is 30.0 Å². The van der Waals surface area contributed by atoms with E-state index in [9.17, 15) is 18.8 Å². The van der Waals surface area contributed by atoms with E-state index in [1.807, 2.05) is 23.3 Å². The minimum atomic E-state index is -0.779. The van der Waals surface area contributed by atoms with E-state index in [1.165, 1.54) is 36.6 Å². The van der Waals surface area contributed by atoms with Gasteiger partial charge in [-0.25, -0.2) is 19.2 Å². The molecular weight excluding hydrogens is 670 g/mol. The SMILES string of the molecule is COC(=O)c1cc(-c2n[nH]c3ccc(NC(=O)[C@]4(SC)CCN(CC(=O)N5CCC(c6ccc(-c7ncccn7)cc6)CC5)C4)cc23)ccc1F. The summed E-state index contributed by atoms with van der Waals surface area (Å²) in [5.74, 6) is -0.398. The summed E-state index contributed by atoms with van der Waals surface area (Å²) in [6.07, 6.45) is 7.83. The second kappa shape index (κ2) is 14.6. The second-order valence-electron chi connectivity index (χ2n) is 13.0. The van der Waals surface area contributed by atoms with Crippen LogP contribution in [-0.2, 0) is 14.3 Å². The van der Waals surface area contributed by atoms with E-state index in [2.05, 4.69) is 54.6 Å². The molecule has 0 spiro atoms. The van der Waals surface area contributed by atoms with Gasteiger partial charge in [0.2, 0.25) is 11.8 Å². The number of fused-ring (bicyclic) bond motifs is 1. The van der Waals surface area contributed by atoms with Gasteiger partial charge in [0.15, 0.2) is 5.82 Å². The third-order valence-electron chi connectivity index (χ3n) is 9.99. The zero-order chi connectivity index (χ0) is 35.5. The fourth-order valence-corrected chi connectivity index (χ4v) is 7.88. The number of likely N-dealkylation sites (tertiary alicyclic amines) is 2. The number of anilines is 1. The number of ether oxygens (including phenoxy) is 1. The fraction of sp³-hybridized carbons (Fsp3) is 0.316. The standard InChI is InChI=1S/C38H38FN7O4S/c1-50-36(48)29-20-27(8-10-31(29)39)34-30-21-28(9-11-32(30)43-44-34)42-37(49)38(51-2)14-19-45(23-38)22-33(47)46-17-12-25(13-18-46)24-4-6-26(7-5-24)35-40-15-3-16-41-35/h3-11,15-16,20-21,25H,12-14,17-19,22-23H2,1-2H3,(H,42,49)(H,43,44)/t38-/m0/s1. The Kier molecular flexibility index (Phi) is 9.83. The average Bonchev–Trinajstić information content (AvgIpc) is 3.80. The highest BCUT2D eigenvalue weighted by Crippen LogP contribution is 2.37. The molecule has 2 N–H and O–H groups in total. The van der Waals surface area contributed by atoms with Gasteiger partial charge in [-0.2, -0.15) is 5.10 Å². The van der Waals surface area contributed by atoms with Crippen molar-refractivity contribution in [2.24, 2.45) is 0 Å². The van der Waals surface area contributed by atoms with Crippen LogP contribution in [-0.4, -0.2) is 98.6 Å². The molecule has 2 fully saturated rings. The number of hydrogen-bond acceptors (Lipinski definition) is 9. The van der Waals surface area contributed by atoms with Crippen molar-refractivity contribution in [1.29, 1.82) is 0 Å². The Morgan fingerprint density at radius 2 is 1.75 bits per heavy atom. The van der Waals surface area contributed by atoms with Crippen LogP contribution in [0.5, 0.6) is 0 Å². The highest BCUT2D eigenvalue weighted by atomic mass is 32.2. The highest BCUT2D eigenvalue weighted by Gasteiger charge is 2.45. The van der Waals surface area contributed by atoms with Crippen molar-refractivity contribution in [3.63, 3.8) is 0 Å². The number of rotatable bonds is 9. The molecule has 2 amide bonds. The number of carbonyl (C=O) groups excluding carboxylic acids is 3. The zero-order valence-corrected chi connectivity index (χ0v) is 29.2. The van der Waals surface area contributed by atoms with Crippen molar-refractivity contribution < 1.29 is 23.5 Å². The molecule has 0 bridgehead atoms. The number of amides is 2. The molecule has 3 aromatic carbocycles. The summed E-state index contributed by atoms with van der Waals surface area (Å²) in [7, 11) is 1.20. The van der Waals surface area contributed by atoms with Crippen LogP contribution >= 0.6 is 11.8 Å². The zero-order valence-electron chi connectivity index (χ0n) is 28.4. The van der Waals surface area contributed by atoms with Crippen LogP contribution in [0.3, 0.4) is 0 Å². The molecule has 2 aliphatic heterocycles. The number of nitrogens with zero attached hydrogens (tertiary/aromatic N) is 5. The number of benzene rings is 3. The third-order valence-corrected chi connectivity index (χ3v) is 11.3. The van der Waals surface area contributed by atoms with Crippen LogP contribution in [0.25, 0.3) is 33.5 Å². The highest BCUT2D eigenvalue weighted by molar-refractivity contribution is 8.00. The molecule has 7 rings (SSSR count). The number of halogens is 1. The van der Waals surface area contributed by atoms with Crippen molar-refractivity contribution in [3.8, 4) is 22.6 Å². The number of aromatic amines is 1. The lowest BCUT2D eigenvalue weighted by atomic mass is 9.89. The lowest BCUT2D eigenvalue weighted by molar-refractivity contribution is -0.133. The Morgan fingerprint density at radius 1 is 1.00 bits per heavy atom. The van der Waals surface area contributed by atoms with Gasteiger partial charge in [0.25, 0.3) is 0 Å². The normalized spacial score (nSPS) is 18.2. The number of aromatic nitrogens is 4. The Balaban J connectivity index is 0.956. The molecule has 4 heterocycles. The molecule has 0 aliphatic carbocycles. The molecule has 0 saturated carbocycles. The van der Waals surface area contributed by atoms with Gasteiger partial charge < -0.3 is 15.0 Å². The third kappa shape index (κ3) is 7.08. The second-order valence-corrected chi connectivity index (χ2v) is 14.2. The lowest BCUT2D eigenvalue weighted by Gasteiger charge is -2.33. The number of carbonyl (C=O) groups is 3. The molecule has 2 aliphatic rings. The molecule has 5 aromatic rings. The van der Waals surface area contributed by atoms with Crippen LogP contribution in [0.15, 0.2) is 79.1 Å². The minimum Gasteiger partial charge on any atom is -0.465 e. The van der Waals surface area contributed by atoms with Gasteiger partial charge >= 0.3 is 5.97 Å². The minimum absolute atomic E-state index is 0.0939. The molecule has 11 nitrogen and oxygen atoms in total. The number of nitrogens with one attached hydrogen (secondary N) is 2. The smallest absolute Gasteiger partial charge is 0.340 e. The predicted octanol–water partition coefficient (Wildman–Crippen LogP) is 5.76. The van der Waals surface area contributed by atoms with Crippen LogP contribution in [0.1, 0.15) is 41.1 Å². The molecule has 1 atom stereocenters. The van der Waals surface area contributed by atoms with Gasteiger partial charge in [0, 0.05) is 60.8 Å². The molecule has 13 heteroatoms. The first kappa shape index (κ1) is 34.3. The number of hydrogen-bond donors (Lipinski definition) is 2. The van der Waals surface area contributed by atoms with Crippen LogP contribution < -0.4 is 5.32 Å². The van der Waals surface area contributed by atoms with Gasteiger partial charge in [-0.05, 0) is 79.5 Å². The molecule has 0 radical (unpaired) electrons. The van der Waals surface area contributed by atoms with Gasteiger partial charge in [-0.15, -0.1) is 11.8 Å². The number of methoxy groups -OCH3 is 1. The summed E-state index contributed by atoms with van der Waals surface area (Å²) in [6, 6.07) is 19.8. The summed E-state index contributed by atoms with van der Waals surface area (Å²) in [6.45, 7) is 2.79. The molecule has 2 saturated heterocycles. The monoisotopic (exact) mass is 707 g/mol. The topological polar surface area (TPSA) is 133 Å². The quantitative estimate of drug-likeness (QED) is 0.183. The first-order valence-corrected chi connectivity index (χ1v) is 18.1. The maximum Gasteiger partial charge on any atom is 0.340 e. The first-order valence-electron chi connectivity index (χ1n) is 16.9. The summed E-state index contributed by atoms with van der Waals surface area (Å²) in [5.41, 5.74) is 4.41. The van der Waals surface area contributed by atoms with Crippen molar-refractivity contribution in [2.75, 3.05) is 51.4 Å². The van der Waals surface area contributed by atoms with Crippen molar-refractivity contribution in [3.05, 3.63) is 96.1 Å². The maximum atomic E-state index is 14.3. The predicted molar refractivity (Wildman–Crippen MR) is 195 cm³/mol. The average molecular weight is 708 g/mol. The number of piperidine rings is 1. The van der Waals surface area contributed by atoms with Gasteiger partial charge in [-0.3, -0.25) is 19.6 Å². The summed E-state index contributed by atoms with van der Waals surface area (Å²) in [4.78, 5) is 52.0. The van der Waals surface area contributed by atoms with Crippen LogP contribution in [0.4, 0.5) is 10.1 Å². The van der Waals surface area contributed by atoms with E-state index in [0.29, 0.717) is 66.7 Å². The number of thioether (sulfide) groups is 1. The van der Waals surface area contributed by atoms with Gasteiger partial charge in [0.05, 0.1) is 30.4 Å². The van der Waals surface area contributed by atoms with E-state index in [4.69, 9.17) is 4.74 Å². The number of H-pyrrole nitrogens is 1. The number of esters is 1. The maximum absolute atomic E-state index is 14.3. The Bertz CT molecular complexity index is 2070. The van der Waals surface area contributed by atoms with E-state index in [0.717, 1.165) is 23.9 Å². The van der Waals surface area contributed by atoms with Gasteiger partial charge in [0.1, 0.15) is 10.6 Å². The van der Waals surface area contributed by atoms with Gasteiger partial charge in [-0.1, -0.05) is 24.3 Å². The first-order chi connectivity index (χ1) is 24.8. The molecule has 2 aromatic heterocycles. The van der Waals surface area contributed by atoms with Crippen LogP contribution in [0.2, 0.25) is 0 Å². The summed E-state index contributed by atoms with van der Waals surface area (Å²) >= 11 is 1.50. The van der Waals surface area contributed by atoms with E-state index in [1.54, 1.807) is 30.6 Å². The van der Waals surface area contributed by atoms with Crippen molar-refractivity contribution in [2.45, 2.75) is 29.9 Å². The molecule has 51 heavy (non-hydrogen) atoms. The van der Waals surface area contributed by atoms with Crippen molar-refractivity contribution >= 4 is 46.1 Å². The van der Waals surface area contributed by atoms with E-state index >= 15 is 0 Å². The summed E-state index contributed by atoms with van der Waals surface area (Å²) < 4.78 is 18.3. The fourth-order valence-electron chi connectivity index (χ4n) is 7.04. The Hall–Kier alpha value is -5.14. The molecule has 262 valence electrons. The molecule has 0 unspecified atom stereocenters. The lowest BCUT2D eigenvalue weighted by Crippen LogP contribution is -2.46.